The van der Waals surface area contributed by atoms with Crippen molar-refractivity contribution < 1.29 is 14.3 Å². The molecule has 0 amide bonds. The number of thiophene rings is 1. The van der Waals surface area contributed by atoms with Crippen molar-refractivity contribution in [3.8, 4) is 0 Å². The van der Waals surface area contributed by atoms with Crippen LogP contribution in [0.25, 0.3) is 10.2 Å². The van der Waals surface area contributed by atoms with Crippen molar-refractivity contribution >= 4 is 27.5 Å². The zero-order valence-electron chi connectivity index (χ0n) is 12.9. The first-order chi connectivity index (χ1) is 11.4. The molecule has 1 unspecified atom stereocenters. The lowest BCUT2D eigenvalue weighted by Gasteiger charge is -2.17. The summed E-state index contributed by atoms with van der Waals surface area (Å²) in [5.41, 5.74) is 3.83. The predicted octanol–water partition coefficient (Wildman–Crippen LogP) is 2.91. The van der Waals surface area contributed by atoms with E-state index >= 15 is 0 Å². The Balaban J connectivity index is 2.00. The van der Waals surface area contributed by atoms with Gasteiger partial charge in [0.25, 0.3) is 5.56 Å². The van der Waals surface area contributed by atoms with Gasteiger partial charge in [0.05, 0.1) is 11.4 Å². The van der Waals surface area contributed by atoms with Crippen LogP contribution in [0.5, 0.6) is 0 Å². The van der Waals surface area contributed by atoms with Crippen molar-refractivity contribution in [1.29, 1.82) is 0 Å². The molecule has 8 heteroatoms. The van der Waals surface area contributed by atoms with E-state index in [4.69, 9.17) is 0 Å². The number of aryl methyl sites for hydroxylation is 1. The average molecular weight is 347 g/mol. The normalized spacial score (nSPS) is 12.3. The van der Waals surface area contributed by atoms with Crippen LogP contribution in [0.2, 0.25) is 0 Å². The van der Waals surface area contributed by atoms with Crippen molar-refractivity contribution in [2.24, 2.45) is 0 Å². The number of nitrogens with zero attached hydrogens (tertiary/aromatic N) is 2. The second-order valence-corrected chi connectivity index (χ2v) is 6.36. The van der Waals surface area contributed by atoms with Crippen LogP contribution in [0.1, 0.15) is 33.8 Å². The molecule has 2 N–H and O–H groups in total. The van der Waals surface area contributed by atoms with Crippen molar-refractivity contribution in [1.82, 2.24) is 9.66 Å². The number of carbonyl (C=O) groups is 1. The zero-order chi connectivity index (χ0) is 17.4. The lowest BCUT2D eigenvalue weighted by Crippen LogP contribution is -2.30. The Hall–Kier alpha value is -2.74. The fourth-order valence-electron chi connectivity index (χ4n) is 2.45. The Morgan fingerprint density at radius 1 is 1.38 bits per heavy atom. The van der Waals surface area contributed by atoms with Crippen molar-refractivity contribution in [2.75, 3.05) is 5.43 Å². The first-order valence-electron chi connectivity index (χ1n) is 7.14. The third kappa shape index (κ3) is 2.76. The summed E-state index contributed by atoms with van der Waals surface area (Å²) >= 11 is 0.978. The highest BCUT2D eigenvalue weighted by Gasteiger charge is 2.19. The molecule has 3 aromatic rings. The zero-order valence-corrected chi connectivity index (χ0v) is 13.7. The third-order valence-electron chi connectivity index (χ3n) is 3.75. The number of aromatic nitrogens is 2. The standard InChI is InChI=1S/C16H14FN3O3S/c1-8-12-14(24-13(8)16(22)23)18-7-20(15(12)21)19-9(2)10-3-5-11(17)6-4-10/h3-7,9,19H,1-2H3,(H,22,23). The maximum Gasteiger partial charge on any atom is 0.346 e. The van der Waals surface area contributed by atoms with Crippen LogP contribution in [0.4, 0.5) is 4.39 Å². The second-order valence-electron chi connectivity index (χ2n) is 5.36. The molecule has 24 heavy (non-hydrogen) atoms. The van der Waals surface area contributed by atoms with Gasteiger partial charge in [-0.1, -0.05) is 12.1 Å². The van der Waals surface area contributed by atoms with Crippen molar-refractivity contribution in [3.05, 3.63) is 62.8 Å². The molecule has 0 bridgehead atoms. The largest absolute Gasteiger partial charge is 0.477 e. The molecule has 1 aromatic carbocycles. The highest BCUT2D eigenvalue weighted by atomic mass is 32.1. The molecule has 124 valence electrons. The molecule has 0 aliphatic rings. The molecule has 0 spiro atoms. The molecular formula is C16H14FN3O3S. The average Bonchev–Trinajstić information content (AvgIpc) is 2.88. The Kier molecular flexibility index (Phi) is 4.06. The Morgan fingerprint density at radius 2 is 2.04 bits per heavy atom. The minimum atomic E-state index is -1.07. The molecule has 0 aliphatic carbocycles. The van der Waals surface area contributed by atoms with E-state index in [2.05, 4.69) is 10.4 Å². The molecule has 3 rings (SSSR count). The molecule has 0 fully saturated rings. The van der Waals surface area contributed by atoms with Gasteiger partial charge in [-0.15, -0.1) is 11.3 Å². The summed E-state index contributed by atoms with van der Waals surface area (Å²) in [7, 11) is 0. The van der Waals surface area contributed by atoms with Gasteiger partial charge in [0.1, 0.15) is 21.9 Å². The van der Waals surface area contributed by atoms with E-state index in [1.807, 2.05) is 6.92 Å². The van der Waals surface area contributed by atoms with Crippen LogP contribution >= 0.6 is 11.3 Å². The summed E-state index contributed by atoms with van der Waals surface area (Å²) in [5.74, 6) is -1.41. The topological polar surface area (TPSA) is 84.2 Å². The van der Waals surface area contributed by atoms with Gasteiger partial charge >= 0.3 is 5.97 Å². The molecule has 2 heterocycles. The molecule has 2 aromatic heterocycles. The summed E-state index contributed by atoms with van der Waals surface area (Å²) in [6.45, 7) is 3.42. The van der Waals surface area contributed by atoms with Gasteiger partial charge in [-0.05, 0) is 37.1 Å². The van der Waals surface area contributed by atoms with E-state index in [1.54, 1.807) is 19.1 Å². The van der Waals surface area contributed by atoms with Crippen LogP contribution in [-0.4, -0.2) is 20.7 Å². The molecule has 1 atom stereocenters. The third-order valence-corrected chi connectivity index (χ3v) is 4.94. The highest BCUT2D eigenvalue weighted by molar-refractivity contribution is 7.20. The Bertz CT molecular complexity index is 979. The second kappa shape index (κ2) is 6.04. The van der Waals surface area contributed by atoms with E-state index in [0.717, 1.165) is 16.9 Å². The lowest BCUT2D eigenvalue weighted by atomic mass is 10.1. The summed E-state index contributed by atoms with van der Waals surface area (Å²) in [4.78, 5) is 28.5. The van der Waals surface area contributed by atoms with Gasteiger partial charge in [0, 0.05) is 0 Å². The number of rotatable bonds is 4. The lowest BCUT2D eigenvalue weighted by molar-refractivity contribution is 0.0701. The maximum atomic E-state index is 13.0. The number of aromatic carboxylic acids is 1. The van der Waals surface area contributed by atoms with E-state index in [-0.39, 0.29) is 22.3 Å². The molecule has 0 saturated carbocycles. The van der Waals surface area contributed by atoms with Crippen molar-refractivity contribution in [3.63, 3.8) is 0 Å². The summed E-state index contributed by atoms with van der Waals surface area (Å²) in [5, 5.41) is 9.46. The van der Waals surface area contributed by atoms with Gasteiger partial charge in [0.2, 0.25) is 0 Å². The number of benzene rings is 1. The van der Waals surface area contributed by atoms with E-state index in [9.17, 15) is 19.1 Å². The van der Waals surface area contributed by atoms with Crippen LogP contribution < -0.4 is 11.0 Å². The quantitative estimate of drug-likeness (QED) is 0.758. The molecule has 0 saturated heterocycles. The predicted molar refractivity (Wildman–Crippen MR) is 89.8 cm³/mol. The monoisotopic (exact) mass is 347 g/mol. The number of nitrogens with one attached hydrogen (secondary N) is 1. The number of hydrogen-bond donors (Lipinski definition) is 2. The number of carboxylic acid groups (broad SMARTS) is 1. The number of carboxylic acids is 1. The number of fused-ring (bicyclic) bond motifs is 1. The van der Waals surface area contributed by atoms with E-state index in [1.165, 1.54) is 23.1 Å². The Morgan fingerprint density at radius 3 is 2.67 bits per heavy atom. The van der Waals surface area contributed by atoms with E-state index in [0.29, 0.717) is 15.8 Å². The first kappa shape index (κ1) is 16.1. The maximum absolute atomic E-state index is 13.0. The molecule has 0 radical (unpaired) electrons. The van der Waals surface area contributed by atoms with Gasteiger partial charge < -0.3 is 10.5 Å². The molecule has 6 nitrogen and oxygen atoms in total. The van der Waals surface area contributed by atoms with Crippen LogP contribution in [0.15, 0.2) is 35.4 Å². The van der Waals surface area contributed by atoms with Gasteiger partial charge in [-0.2, -0.15) is 0 Å². The number of hydrogen-bond acceptors (Lipinski definition) is 5. The fourth-order valence-corrected chi connectivity index (χ4v) is 3.43. The minimum Gasteiger partial charge on any atom is -0.477 e. The molecular weight excluding hydrogens is 333 g/mol. The van der Waals surface area contributed by atoms with Crippen molar-refractivity contribution in [2.45, 2.75) is 19.9 Å². The van der Waals surface area contributed by atoms with Gasteiger partial charge in [0.15, 0.2) is 0 Å². The summed E-state index contributed by atoms with van der Waals surface area (Å²) < 4.78 is 14.2. The minimum absolute atomic E-state index is 0.110. The first-order valence-corrected chi connectivity index (χ1v) is 7.96. The fraction of sp³-hybridized carbons (Fsp3) is 0.188. The molecule has 0 aliphatic heterocycles. The van der Waals surface area contributed by atoms with Crippen LogP contribution in [0, 0.1) is 12.7 Å². The van der Waals surface area contributed by atoms with E-state index < -0.39 is 5.97 Å². The number of halogens is 1. The summed E-state index contributed by atoms with van der Waals surface area (Å²) in [6.07, 6.45) is 1.33. The highest BCUT2D eigenvalue weighted by Crippen LogP contribution is 2.26. The SMILES string of the molecule is Cc1c(C(=O)O)sc2ncn(NC(C)c3ccc(F)cc3)c(=O)c12. The van der Waals surface area contributed by atoms with Gasteiger partial charge in [-0.25, -0.2) is 18.8 Å². The van der Waals surface area contributed by atoms with Crippen LogP contribution in [-0.2, 0) is 0 Å². The Labute approximate surface area is 140 Å². The smallest absolute Gasteiger partial charge is 0.346 e. The van der Waals surface area contributed by atoms with Crippen LogP contribution in [0.3, 0.4) is 0 Å². The van der Waals surface area contributed by atoms with Gasteiger partial charge in [-0.3, -0.25) is 4.79 Å². The summed E-state index contributed by atoms with van der Waals surface area (Å²) in [6, 6.07) is 5.69.